The van der Waals surface area contributed by atoms with Crippen LogP contribution in [0.25, 0.3) is 0 Å². The summed E-state index contributed by atoms with van der Waals surface area (Å²) < 4.78 is 34.2. The van der Waals surface area contributed by atoms with Crippen molar-refractivity contribution in [2.24, 2.45) is 0 Å². The molecule has 136 valence electrons. The van der Waals surface area contributed by atoms with E-state index in [1.807, 2.05) is 18.2 Å². The van der Waals surface area contributed by atoms with E-state index in [1.165, 1.54) is 6.07 Å². The highest BCUT2D eigenvalue weighted by Gasteiger charge is 2.21. The Hall–Kier alpha value is -1.51. The van der Waals surface area contributed by atoms with Crippen LogP contribution in [0.2, 0.25) is 0 Å². The molecule has 0 amide bonds. The van der Waals surface area contributed by atoms with Crippen molar-refractivity contribution in [3.8, 4) is 0 Å². The Morgan fingerprint density at radius 2 is 2.12 bits per heavy atom. The molecule has 2 heterocycles. The van der Waals surface area contributed by atoms with Gasteiger partial charge in [-0.15, -0.1) is 10.2 Å². The summed E-state index contributed by atoms with van der Waals surface area (Å²) in [5, 5.41) is 9.42. The van der Waals surface area contributed by atoms with Gasteiger partial charge >= 0.3 is 0 Å². The SMILES string of the molecule is CSc1nnc(CN(C)Cc2ccc(F)c(F)c2)n1C[C@H]1CCCO1. The number of hydrogen-bond acceptors (Lipinski definition) is 5. The van der Waals surface area contributed by atoms with Gasteiger partial charge in [0.05, 0.1) is 19.2 Å². The highest BCUT2D eigenvalue weighted by atomic mass is 32.2. The molecule has 0 unspecified atom stereocenters. The molecule has 0 saturated carbocycles. The molecule has 1 fully saturated rings. The van der Waals surface area contributed by atoms with E-state index in [9.17, 15) is 8.78 Å². The van der Waals surface area contributed by atoms with Crippen molar-refractivity contribution < 1.29 is 13.5 Å². The summed E-state index contributed by atoms with van der Waals surface area (Å²) in [5.41, 5.74) is 0.719. The highest BCUT2D eigenvalue weighted by molar-refractivity contribution is 7.98. The molecule has 25 heavy (non-hydrogen) atoms. The molecule has 8 heteroatoms. The van der Waals surface area contributed by atoms with E-state index in [-0.39, 0.29) is 6.10 Å². The lowest BCUT2D eigenvalue weighted by atomic mass is 10.2. The molecular formula is C17H22F2N4OS. The minimum absolute atomic E-state index is 0.206. The van der Waals surface area contributed by atoms with Gasteiger partial charge in [0.1, 0.15) is 5.82 Å². The van der Waals surface area contributed by atoms with Gasteiger partial charge in [0.15, 0.2) is 16.8 Å². The normalized spacial score (nSPS) is 17.6. The fraction of sp³-hybridized carbons (Fsp3) is 0.529. The Morgan fingerprint density at radius 1 is 1.28 bits per heavy atom. The number of ether oxygens (including phenoxy) is 1. The second-order valence-corrected chi connectivity index (χ2v) is 7.04. The van der Waals surface area contributed by atoms with Crippen molar-refractivity contribution in [3.63, 3.8) is 0 Å². The standard InChI is InChI=1S/C17H22F2N4OS/c1-22(9-12-5-6-14(18)15(19)8-12)11-16-20-21-17(25-2)23(16)10-13-4-3-7-24-13/h5-6,8,13H,3-4,7,9-11H2,1-2H3/t13-/m1/s1. The van der Waals surface area contributed by atoms with E-state index < -0.39 is 11.6 Å². The molecule has 1 saturated heterocycles. The lowest BCUT2D eigenvalue weighted by Crippen LogP contribution is -2.23. The smallest absolute Gasteiger partial charge is 0.191 e. The number of aromatic nitrogens is 3. The highest BCUT2D eigenvalue weighted by Crippen LogP contribution is 2.20. The van der Waals surface area contributed by atoms with Crippen molar-refractivity contribution in [3.05, 3.63) is 41.2 Å². The maximum Gasteiger partial charge on any atom is 0.191 e. The van der Waals surface area contributed by atoms with Crippen LogP contribution in [0.5, 0.6) is 0 Å². The number of nitrogens with zero attached hydrogens (tertiary/aromatic N) is 4. The fourth-order valence-electron chi connectivity index (χ4n) is 3.01. The molecule has 3 rings (SSSR count). The lowest BCUT2D eigenvalue weighted by molar-refractivity contribution is 0.0934. The quantitative estimate of drug-likeness (QED) is 0.703. The lowest BCUT2D eigenvalue weighted by Gasteiger charge is -2.19. The van der Waals surface area contributed by atoms with Gasteiger partial charge in [-0.25, -0.2) is 8.78 Å². The molecule has 1 atom stereocenters. The first kappa shape index (κ1) is 18.3. The van der Waals surface area contributed by atoms with E-state index in [0.717, 1.165) is 48.6 Å². The zero-order valence-corrected chi connectivity index (χ0v) is 15.2. The summed E-state index contributed by atoms with van der Waals surface area (Å²) in [6.45, 7) is 2.63. The van der Waals surface area contributed by atoms with Gasteiger partial charge in [0, 0.05) is 13.2 Å². The third kappa shape index (κ3) is 4.56. The maximum atomic E-state index is 13.4. The summed E-state index contributed by atoms with van der Waals surface area (Å²) in [6, 6.07) is 3.99. The van der Waals surface area contributed by atoms with Crippen LogP contribution in [0, 0.1) is 11.6 Å². The van der Waals surface area contributed by atoms with Gasteiger partial charge < -0.3 is 9.30 Å². The molecule has 0 spiro atoms. The number of rotatable bonds is 7. The Balaban J connectivity index is 1.68. The fourth-order valence-corrected chi connectivity index (χ4v) is 3.53. The average molecular weight is 368 g/mol. The van der Waals surface area contributed by atoms with Crippen LogP contribution in [0.3, 0.4) is 0 Å². The number of benzene rings is 1. The summed E-state index contributed by atoms with van der Waals surface area (Å²) >= 11 is 1.56. The molecule has 1 aromatic heterocycles. The minimum Gasteiger partial charge on any atom is -0.376 e. The van der Waals surface area contributed by atoms with Gasteiger partial charge in [-0.1, -0.05) is 17.8 Å². The Labute approximate surface area is 150 Å². The predicted octanol–water partition coefficient (Wildman–Crippen LogP) is 3.09. The molecule has 0 bridgehead atoms. The topological polar surface area (TPSA) is 43.2 Å². The number of hydrogen-bond donors (Lipinski definition) is 0. The van der Waals surface area contributed by atoms with Gasteiger partial charge in [-0.3, -0.25) is 4.90 Å². The van der Waals surface area contributed by atoms with E-state index in [4.69, 9.17) is 4.74 Å². The third-order valence-corrected chi connectivity index (χ3v) is 4.90. The van der Waals surface area contributed by atoms with Crippen molar-refractivity contribution in [1.82, 2.24) is 19.7 Å². The Kier molecular flexibility index (Phi) is 6.03. The van der Waals surface area contributed by atoms with E-state index in [1.54, 1.807) is 17.8 Å². The van der Waals surface area contributed by atoms with Gasteiger partial charge in [-0.2, -0.15) is 0 Å². The molecule has 0 N–H and O–H groups in total. The van der Waals surface area contributed by atoms with Crippen LogP contribution < -0.4 is 0 Å². The zero-order valence-electron chi connectivity index (χ0n) is 14.4. The van der Waals surface area contributed by atoms with E-state index >= 15 is 0 Å². The third-order valence-electron chi connectivity index (χ3n) is 4.23. The van der Waals surface area contributed by atoms with Crippen LogP contribution in [-0.4, -0.2) is 45.7 Å². The van der Waals surface area contributed by atoms with Crippen LogP contribution in [-0.2, 0) is 24.4 Å². The molecule has 0 radical (unpaired) electrons. The molecule has 1 aliphatic rings. The average Bonchev–Trinajstić information content (AvgIpc) is 3.22. The monoisotopic (exact) mass is 368 g/mol. The largest absolute Gasteiger partial charge is 0.376 e. The van der Waals surface area contributed by atoms with E-state index in [2.05, 4.69) is 14.8 Å². The van der Waals surface area contributed by atoms with Crippen molar-refractivity contribution in [1.29, 1.82) is 0 Å². The first-order valence-corrected chi connectivity index (χ1v) is 9.49. The van der Waals surface area contributed by atoms with Crippen molar-refractivity contribution in [2.75, 3.05) is 19.9 Å². The van der Waals surface area contributed by atoms with Crippen LogP contribution in [0.15, 0.2) is 23.4 Å². The van der Waals surface area contributed by atoms with Crippen molar-refractivity contribution in [2.45, 2.75) is 43.7 Å². The van der Waals surface area contributed by atoms with Crippen LogP contribution in [0.1, 0.15) is 24.2 Å². The Morgan fingerprint density at radius 3 is 2.80 bits per heavy atom. The van der Waals surface area contributed by atoms with Gasteiger partial charge in [0.25, 0.3) is 0 Å². The first-order valence-electron chi connectivity index (χ1n) is 8.27. The summed E-state index contributed by atoms with van der Waals surface area (Å²) in [5.74, 6) is -0.797. The van der Waals surface area contributed by atoms with E-state index in [0.29, 0.717) is 13.1 Å². The maximum absolute atomic E-state index is 13.4. The summed E-state index contributed by atoms with van der Waals surface area (Å²) in [6.07, 6.45) is 4.32. The number of thioether (sulfide) groups is 1. The van der Waals surface area contributed by atoms with Gasteiger partial charge in [0.2, 0.25) is 0 Å². The summed E-state index contributed by atoms with van der Waals surface area (Å²) in [7, 11) is 1.92. The molecule has 1 aromatic carbocycles. The second kappa shape index (κ2) is 8.25. The van der Waals surface area contributed by atoms with Crippen LogP contribution >= 0.6 is 11.8 Å². The first-order chi connectivity index (χ1) is 12.1. The second-order valence-electron chi connectivity index (χ2n) is 6.27. The van der Waals surface area contributed by atoms with Crippen molar-refractivity contribution >= 4 is 11.8 Å². The summed E-state index contributed by atoms with van der Waals surface area (Å²) in [4.78, 5) is 2.01. The zero-order chi connectivity index (χ0) is 17.8. The minimum atomic E-state index is -0.827. The predicted molar refractivity (Wildman–Crippen MR) is 92.3 cm³/mol. The van der Waals surface area contributed by atoms with Crippen LogP contribution in [0.4, 0.5) is 8.78 Å². The molecule has 0 aliphatic carbocycles. The van der Waals surface area contributed by atoms with Gasteiger partial charge in [-0.05, 0) is 43.8 Å². The molecule has 2 aromatic rings. The Bertz CT molecular complexity index is 719. The molecular weight excluding hydrogens is 346 g/mol. The molecule has 1 aliphatic heterocycles. The number of halogens is 2. The molecule has 5 nitrogen and oxygen atoms in total.